The number of benzene rings is 1. The highest BCUT2D eigenvalue weighted by molar-refractivity contribution is 7.89. The van der Waals surface area contributed by atoms with Crippen LogP contribution in [0.5, 0.6) is 0 Å². The lowest BCUT2D eigenvalue weighted by molar-refractivity contribution is 0.365. The summed E-state index contributed by atoms with van der Waals surface area (Å²) in [4.78, 5) is 0. The third kappa shape index (κ3) is 2.92. The third-order valence-corrected chi connectivity index (χ3v) is 3.83. The molecule has 0 amide bonds. The first-order valence-corrected chi connectivity index (χ1v) is 7.89. The summed E-state index contributed by atoms with van der Waals surface area (Å²) in [7, 11) is -4.11. The van der Waals surface area contributed by atoms with Crippen LogP contribution in [0.4, 0.5) is 4.39 Å². The van der Waals surface area contributed by atoms with Crippen LogP contribution >= 0.6 is 11.6 Å². The number of nitrogens with zero attached hydrogens (tertiary/aromatic N) is 3. The minimum Gasteiger partial charge on any atom is -0.291 e. The van der Waals surface area contributed by atoms with Crippen LogP contribution in [0.15, 0.2) is 23.4 Å². The van der Waals surface area contributed by atoms with E-state index in [-0.39, 0.29) is 16.4 Å². The number of nitrogens with two attached hydrogens (primary N) is 1. The van der Waals surface area contributed by atoms with Gasteiger partial charge in [-0.1, -0.05) is 17.7 Å². The van der Waals surface area contributed by atoms with Crippen molar-refractivity contribution in [2.24, 2.45) is 5.14 Å². The van der Waals surface area contributed by atoms with Crippen molar-refractivity contribution in [1.82, 2.24) is 14.8 Å². The normalized spacial score (nSPS) is 12.7. The van der Waals surface area contributed by atoms with Gasteiger partial charge in [0.05, 0.1) is 10.6 Å². The van der Waals surface area contributed by atoms with Gasteiger partial charge < -0.3 is 0 Å². The molecule has 0 aliphatic rings. The van der Waals surface area contributed by atoms with E-state index in [1.165, 1.54) is 22.8 Å². The molecule has 2 rings (SSSR count). The van der Waals surface area contributed by atoms with Crippen molar-refractivity contribution in [3.05, 3.63) is 29.0 Å². The monoisotopic (exact) mass is 332 g/mol. The molecular formula is C12H14ClFN4O2S. The number of hydrogen-bond acceptors (Lipinski definition) is 4. The Morgan fingerprint density at radius 1 is 1.29 bits per heavy atom. The molecule has 6 nitrogen and oxygen atoms in total. The third-order valence-electron chi connectivity index (χ3n) is 2.75. The van der Waals surface area contributed by atoms with E-state index in [1.54, 1.807) is 20.8 Å². The summed E-state index contributed by atoms with van der Waals surface area (Å²) in [6.07, 6.45) is 0. The molecule has 0 aliphatic carbocycles. The van der Waals surface area contributed by atoms with Crippen LogP contribution in [0.2, 0.25) is 5.02 Å². The van der Waals surface area contributed by atoms with Crippen molar-refractivity contribution < 1.29 is 12.8 Å². The predicted octanol–water partition coefficient (Wildman–Crippen LogP) is 2.14. The van der Waals surface area contributed by atoms with Crippen LogP contribution < -0.4 is 5.14 Å². The van der Waals surface area contributed by atoms with Crippen molar-refractivity contribution in [1.29, 1.82) is 0 Å². The van der Waals surface area contributed by atoms with Crippen LogP contribution in [-0.4, -0.2) is 23.2 Å². The molecule has 0 saturated heterocycles. The lowest BCUT2D eigenvalue weighted by Gasteiger charge is -2.24. The maximum atomic E-state index is 14.1. The molecule has 1 aromatic heterocycles. The zero-order valence-electron chi connectivity index (χ0n) is 11.6. The molecule has 9 heteroatoms. The van der Waals surface area contributed by atoms with Crippen LogP contribution in [0, 0.1) is 5.82 Å². The maximum absolute atomic E-state index is 14.1. The molecule has 0 unspecified atom stereocenters. The minimum absolute atomic E-state index is 0.00891. The molecule has 2 N–H and O–H groups in total. The second-order valence-electron chi connectivity index (χ2n) is 5.45. The molecule has 2 aromatic rings. The Bertz CT molecular complexity index is 776. The Balaban J connectivity index is 2.87. The summed E-state index contributed by atoms with van der Waals surface area (Å²) >= 11 is 6.01. The predicted molar refractivity (Wildman–Crippen MR) is 76.8 cm³/mol. The number of aromatic nitrogens is 3. The summed E-state index contributed by atoms with van der Waals surface area (Å²) in [5.74, 6) is -0.615. The Kier molecular flexibility index (Phi) is 3.81. The standard InChI is InChI=1S/C12H14ClFN4O2S/c1-12(2,3)18-10(16-17-11(18)21(15,19)20)9-7(13)5-4-6-8(9)14/h4-6H,1-3H3,(H2,15,19,20). The first kappa shape index (κ1) is 15.9. The SMILES string of the molecule is CC(C)(C)n1c(-c2c(F)cccc2Cl)nnc1S(N)(=O)=O. The van der Waals surface area contributed by atoms with E-state index in [9.17, 15) is 12.8 Å². The summed E-state index contributed by atoms with van der Waals surface area (Å²) in [6, 6.07) is 4.14. The van der Waals surface area contributed by atoms with Gasteiger partial charge in [0.25, 0.3) is 15.2 Å². The molecule has 0 fully saturated rings. The van der Waals surface area contributed by atoms with Gasteiger partial charge in [0.1, 0.15) is 5.82 Å². The van der Waals surface area contributed by atoms with Gasteiger partial charge in [0.15, 0.2) is 5.82 Å². The smallest absolute Gasteiger partial charge is 0.273 e. The molecule has 0 atom stereocenters. The lowest BCUT2D eigenvalue weighted by Crippen LogP contribution is -2.29. The molecular weight excluding hydrogens is 319 g/mol. The van der Waals surface area contributed by atoms with Gasteiger partial charge in [-0.25, -0.2) is 17.9 Å². The fourth-order valence-electron chi connectivity index (χ4n) is 1.93. The average molecular weight is 333 g/mol. The van der Waals surface area contributed by atoms with Crippen LogP contribution in [0.25, 0.3) is 11.4 Å². The van der Waals surface area contributed by atoms with Crippen molar-refractivity contribution >= 4 is 21.6 Å². The zero-order chi connectivity index (χ0) is 16.0. The van der Waals surface area contributed by atoms with E-state index in [1.807, 2.05) is 0 Å². The summed E-state index contributed by atoms with van der Waals surface area (Å²) in [5.41, 5.74) is -0.761. The molecule has 0 bridgehead atoms. The molecule has 21 heavy (non-hydrogen) atoms. The van der Waals surface area contributed by atoms with E-state index in [0.29, 0.717) is 0 Å². The fourth-order valence-corrected chi connectivity index (χ4v) is 2.95. The highest BCUT2D eigenvalue weighted by Gasteiger charge is 2.31. The number of rotatable bonds is 2. The molecule has 114 valence electrons. The minimum atomic E-state index is -4.11. The van der Waals surface area contributed by atoms with Gasteiger partial charge in [0, 0.05) is 5.54 Å². The van der Waals surface area contributed by atoms with Gasteiger partial charge in [0.2, 0.25) is 0 Å². The zero-order valence-corrected chi connectivity index (χ0v) is 13.2. The Labute approximate surface area is 126 Å². The first-order valence-electron chi connectivity index (χ1n) is 5.96. The van der Waals surface area contributed by atoms with Crippen molar-refractivity contribution in [3.63, 3.8) is 0 Å². The van der Waals surface area contributed by atoms with E-state index in [0.717, 1.165) is 0 Å². The maximum Gasteiger partial charge on any atom is 0.273 e. The Morgan fingerprint density at radius 2 is 1.90 bits per heavy atom. The quantitative estimate of drug-likeness (QED) is 0.912. The molecule has 0 spiro atoms. The highest BCUT2D eigenvalue weighted by Crippen LogP contribution is 2.33. The van der Waals surface area contributed by atoms with Crippen molar-refractivity contribution in [2.45, 2.75) is 31.5 Å². The van der Waals surface area contributed by atoms with Gasteiger partial charge in [-0.05, 0) is 32.9 Å². The number of hydrogen-bond donors (Lipinski definition) is 1. The lowest BCUT2D eigenvalue weighted by atomic mass is 10.1. The topological polar surface area (TPSA) is 90.9 Å². The van der Waals surface area contributed by atoms with E-state index in [2.05, 4.69) is 10.2 Å². The molecule has 1 heterocycles. The van der Waals surface area contributed by atoms with Crippen molar-refractivity contribution in [2.75, 3.05) is 0 Å². The van der Waals surface area contributed by atoms with Crippen molar-refractivity contribution in [3.8, 4) is 11.4 Å². The van der Waals surface area contributed by atoms with Crippen LogP contribution in [0.3, 0.4) is 0 Å². The summed E-state index contributed by atoms with van der Waals surface area (Å²) < 4.78 is 38.6. The number of sulfonamides is 1. The summed E-state index contributed by atoms with van der Waals surface area (Å²) in [5, 5.41) is 12.2. The molecule has 0 saturated carbocycles. The number of halogens is 2. The second kappa shape index (κ2) is 5.04. The van der Waals surface area contributed by atoms with E-state index >= 15 is 0 Å². The largest absolute Gasteiger partial charge is 0.291 e. The second-order valence-corrected chi connectivity index (χ2v) is 7.32. The highest BCUT2D eigenvalue weighted by atomic mass is 35.5. The Hall–Kier alpha value is -1.51. The van der Waals surface area contributed by atoms with E-state index < -0.39 is 26.5 Å². The molecule has 0 radical (unpaired) electrons. The van der Waals surface area contributed by atoms with Crippen LogP contribution in [-0.2, 0) is 15.6 Å². The first-order chi connectivity index (χ1) is 9.53. The Morgan fingerprint density at radius 3 is 2.38 bits per heavy atom. The molecule has 1 aromatic carbocycles. The van der Waals surface area contributed by atoms with Gasteiger partial charge in [-0.15, -0.1) is 10.2 Å². The molecule has 0 aliphatic heterocycles. The average Bonchev–Trinajstić information content (AvgIpc) is 2.72. The van der Waals surface area contributed by atoms with Crippen LogP contribution in [0.1, 0.15) is 20.8 Å². The summed E-state index contributed by atoms with van der Waals surface area (Å²) in [6.45, 7) is 5.18. The van der Waals surface area contributed by atoms with E-state index in [4.69, 9.17) is 16.7 Å². The fraction of sp³-hybridized carbons (Fsp3) is 0.333. The number of primary sulfonamides is 1. The van der Waals surface area contributed by atoms with Gasteiger partial charge >= 0.3 is 0 Å². The van der Waals surface area contributed by atoms with Gasteiger partial charge in [-0.3, -0.25) is 4.57 Å². The van der Waals surface area contributed by atoms with Gasteiger partial charge in [-0.2, -0.15) is 0 Å².